The van der Waals surface area contributed by atoms with Gasteiger partial charge in [-0.1, -0.05) is 12.1 Å². The minimum Gasteiger partial charge on any atom is -0.507 e. The molecule has 1 fully saturated rings. The zero-order chi connectivity index (χ0) is 14.5. The third-order valence-electron chi connectivity index (χ3n) is 3.58. The minimum atomic E-state index is 0.172. The second kappa shape index (κ2) is 6.75. The molecule has 1 aliphatic carbocycles. The Bertz CT molecular complexity index is 458. The second-order valence-corrected chi connectivity index (χ2v) is 5.70. The van der Waals surface area contributed by atoms with Crippen LogP contribution in [0.2, 0.25) is 0 Å². The van der Waals surface area contributed by atoms with Gasteiger partial charge >= 0.3 is 0 Å². The van der Waals surface area contributed by atoms with Crippen molar-refractivity contribution in [2.75, 3.05) is 6.54 Å². The fraction of sp³-hybridized carbons (Fsp3) is 0.562. The summed E-state index contributed by atoms with van der Waals surface area (Å²) in [5.41, 5.74) is 2.98. The number of carbonyl (C=O) groups excluding carboxylic acids is 1. The molecular formula is C16H24N2O2. The topological polar surface area (TPSA) is 61.4 Å². The van der Waals surface area contributed by atoms with Gasteiger partial charge in [-0.2, -0.15) is 0 Å². The summed E-state index contributed by atoms with van der Waals surface area (Å²) in [6.07, 6.45) is 3.73. The molecular weight excluding hydrogens is 252 g/mol. The molecule has 0 spiro atoms. The lowest BCUT2D eigenvalue weighted by atomic mass is 10.1. The van der Waals surface area contributed by atoms with Crippen LogP contribution in [-0.2, 0) is 11.3 Å². The van der Waals surface area contributed by atoms with Crippen LogP contribution in [0.25, 0.3) is 0 Å². The van der Waals surface area contributed by atoms with E-state index in [0.717, 1.165) is 43.5 Å². The Hall–Kier alpha value is -1.55. The molecule has 1 aliphatic rings. The number of nitrogens with one attached hydrogen (secondary N) is 2. The number of benzene rings is 1. The predicted molar refractivity (Wildman–Crippen MR) is 79.7 cm³/mol. The van der Waals surface area contributed by atoms with Gasteiger partial charge in [0.05, 0.1) is 0 Å². The zero-order valence-electron chi connectivity index (χ0n) is 12.3. The molecule has 0 unspecified atom stereocenters. The number of hydrogen-bond donors (Lipinski definition) is 3. The number of hydrogen-bond acceptors (Lipinski definition) is 3. The van der Waals surface area contributed by atoms with Gasteiger partial charge in [0.25, 0.3) is 0 Å². The smallest absolute Gasteiger partial charge is 0.220 e. The first-order valence-electron chi connectivity index (χ1n) is 7.35. The molecule has 110 valence electrons. The highest BCUT2D eigenvalue weighted by atomic mass is 16.3. The van der Waals surface area contributed by atoms with Gasteiger partial charge in [-0.15, -0.1) is 0 Å². The Morgan fingerprint density at radius 2 is 1.95 bits per heavy atom. The number of phenolic OH excluding ortho intramolecular Hbond substituents is 1. The summed E-state index contributed by atoms with van der Waals surface area (Å²) in [7, 11) is 0. The van der Waals surface area contributed by atoms with Crippen LogP contribution < -0.4 is 10.6 Å². The summed E-state index contributed by atoms with van der Waals surface area (Å²) >= 11 is 0. The molecule has 3 N–H and O–H groups in total. The quantitative estimate of drug-likeness (QED) is 0.669. The van der Waals surface area contributed by atoms with Crippen molar-refractivity contribution in [1.29, 1.82) is 0 Å². The molecule has 0 radical (unpaired) electrons. The van der Waals surface area contributed by atoms with Crippen molar-refractivity contribution in [3.63, 3.8) is 0 Å². The number of aryl methyl sites for hydroxylation is 2. The van der Waals surface area contributed by atoms with E-state index in [4.69, 9.17) is 0 Å². The van der Waals surface area contributed by atoms with E-state index in [-0.39, 0.29) is 5.91 Å². The Balaban J connectivity index is 1.64. The van der Waals surface area contributed by atoms with Gasteiger partial charge in [0.2, 0.25) is 5.91 Å². The summed E-state index contributed by atoms with van der Waals surface area (Å²) in [6.45, 7) is 5.42. The molecule has 1 amide bonds. The first-order valence-corrected chi connectivity index (χ1v) is 7.35. The fourth-order valence-electron chi connectivity index (χ4n) is 2.28. The van der Waals surface area contributed by atoms with Crippen LogP contribution in [0.3, 0.4) is 0 Å². The third-order valence-corrected chi connectivity index (χ3v) is 3.58. The van der Waals surface area contributed by atoms with Crippen LogP contribution in [0, 0.1) is 13.8 Å². The van der Waals surface area contributed by atoms with Crippen LogP contribution in [0.5, 0.6) is 5.75 Å². The second-order valence-electron chi connectivity index (χ2n) is 5.70. The lowest BCUT2D eigenvalue weighted by molar-refractivity contribution is -0.121. The Morgan fingerprint density at radius 3 is 2.55 bits per heavy atom. The van der Waals surface area contributed by atoms with E-state index in [1.54, 1.807) is 0 Å². The van der Waals surface area contributed by atoms with Gasteiger partial charge in [-0.25, -0.2) is 0 Å². The van der Waals surface area contributed by atoms with Crippen molar-refractivity contribution in [2.24, 2.45) is 0 Å². The number of amides is 1. The molecule has 0 saturated heterocycles. The summed E-state index contributed by atoms with van der Waals surface area (Å²) < 4.78 is 0. The lowest BCUT2D eigenvalue weighted by Gasteiger charge is -2.09. The SMILES string of the molecule is Cc1cc(CNCCCC(=O)NC2CC2)cc(C)c1O. The molecule has 1 aromatic carbocycles. The van der Waals surface area contributed by atoms with Gasteiger partial charge in [0.1, 0.15) is 5.75 Å². The molecule has 4 heteroatoms. The Kier molecular flexibility index (Phi) is 5.01. The normalized spacial score (nSPS) is 14.3. The fourth-order valence-corrected chi connectivity index (χ4v) is 2.28. The zero-order valence-corrected chi connectivity index (χ0v) is 12.3. The van der Waals surface area contributed by atoms with Gasteiger partial charge in [-0.3, -0.25) is 4.79 Å². The van der Waals surface area contributed by atoms with Crippen LogP contribution in [0.1, 0.15) is 42.4 Å². The summed E-state index contributed by atoms with van der Waals surface area (Å²) in [6, 6.07) is 4.45. The molecule has 0 aromatic heterocycles. The third kappa shape index (κ3) is 4.53. The monoisotopic (exact) mass is 276 g/mol. The Labute approximate surface area is 120 Å². The maximum absolute atomic E-state index is 11.5. The van der Waals surface area contributed by atoms with Crippen LogP contribution >= 0.6 is 0 Å². The van der Waals surface area contributed by atoms with Gasteiger partial charge < -0.3 is 15.7 Å². The van der Waals surface area contributed by atoms with Crippen LogP contribution in [0.15, 0.2) is 12.1 Å². The first kappa shape index (κ1) is 14.9. The molecule has 0 bridgehead atoms. The highest BCUT2D eigenvalue weighted by molar-refractivity contribution is 5.76. The van der Waals surface area contributed by atoms with Crippen molar-refractivity contribution < 1.29 is 9.90 Å². The molecule has 0 aliphatic heterocycles. The van der Waals surface area contributed by atoms with Gasteiger partial charge in [-0.05, 0) is 56.3 Å². The van der Waals surface area contributed by atoms with E-state index in [0.29, 0.717) is 18.2 Å². The average Bonchev–Trinajstić information content (AvgIpc) is 3.19. The molecule has 20 heavy (non-hydrogen) atoms. The van der Waals surface area contributed by atoms with Crippen LogP contribution in [-0.4, -0.2) is 23.6 Å². The summed E-state index contributed by atoms with van der Waals surface area (Å²) in [4.78, 5) is 11.5. The molecule has 0 heterocycles. The van der Waals surface area contributed by atoms with Crippen LogP contribution in [0.4, 0.5) is 0 Å². The van der Waals surface area contributed by atoms with E-state index in [1.807, 2.05) is 26.0 Å². The predicted octanol–water partition coefficient (Wildman–Crippen LogP) is 2.16. The van der Waals surface area contributed by atoms with Crippen molar-refractivity contribution in [3.8, 4) is 5.75 Å². The van der Waals surface area contributed by atoms with Crippen molar-refractivity contribution in [3.05, 3.63) is 28.8 Å². The van der Waals surface area contributed by atoms with E-state index in [1.165, 1.54) is 5.56 Å². The summed E-state index contributed by atoms with van der Waals surface area (Å²) in [5.74, 6) is 0.552. The van der Waals surface area contributed by atoms with E-state index < -0.39 is 0 Å². The average molecular weight is 276 g/mol. The highest BCUT2D eigenvalue weighted by Gasteiger charge is 2.22. The standard InChI is InChI=1S/C16H24N2O2/c1-11-8-13(9-12(2)16(11)20)10-17-7-3-4-15(19)18-14-5-6-14/h8-9,14,17,20H,3-7,10H2,1-2H3,(H,18,19). The largest absolute Gasteiger partial charge is 0.507 e. The minimum absolute atomic E-state index is 0.172. The van der Waals surface area contributed by atoms with Crippen molar-refractivity contribution in [2.45, 2.75) is 52.1 Å². The molecule has 1 saturated carbocycles. The molecule has 2 rings (SSSR count). The maximum atomic E-state index is 11.5. The summed E-state index contributed by atoms with van der Waals surface area (Å²) in [5, 5.41) is 16.0. The lowest BCUT2D eigenvalue weighted by Crippen LogP contribution is -2.26. The number of rotatable bonds is 7. The van der Waals surface area contributed by atoms with Gasteiger partial charge in [0.15, 0.2) is 0 Å². The first-order chi connectivity index (χ1) is 9.56. The van der Waals surface area contributed by atoms with E-state index in [9.17, 15) is 9.90 Å². The maximum Gasteiger partial charge on any atom is 0.220 e. The van der Waals surface area contributed by atoms with E-state index >= 15 is 0 Å². The molecule has 0 atom stereocenters. The number of phenols is 1. The van der Waals surface area contributed by atoms with Gasteiger partial charge in [0, 0.05) is 19.0 Å². The number of aromatic hydroxyl groups is 1. The van der Waals surface area contributed by atoms with Crippen molar-refractivity contribution >= 4 is 5.91 Å². The molecule has 1 aromatic rings. The van der Waals surface area contributed by atoms with Crippen molar-refractivity contribution in [1.82, 2.24) is 10.6 Å². The molecule has 4 nitrogen and oxygen atoms in total. The van der Waals surface area contributed by atoms with E-state index in [2.05, 4.69) is 10.6 Å². The number of carbonyl (C=O) groups is 1. The highest BCUT2D eigenvalue weighted by Crippen LogP contribution is 2.22. The Morgan fingerprint density at radius 1 is 1.30 bits per heavy atom.